The second-order valence-corrected chi connectivity index (χ2v) is 2.81. The standard InChI is InChI=1S/C10H8F4O/c1-2-3-7-4-5-9(8(11)6-7)15-10(12,13)14/h2,4-6H,1,3H2. The average molecular weight is 220 g/mol. The van der Waals surface area contributed by atoms with Crippen molar-refractivity contribution in [2.24, 2.45) is 0 Å². The Hall–Kier alpha value is -1.52. The molecule has 0 unspecified atom stereocenters. The van der Waals surface area contributed by atoms with Gasteiger partial charge in [0.15, 0.2) is 11.6 Å². The van der Waals surface area contributed by atoms with Crippen LogP contribution in [-0.4, -0.2) is 6.36 Å². The lowest BCUT2D eigenvalue weighted by Crippen LogP contribution is -2.18. The number of allylic oxidation sites excluding steroid dienone is 1. The van der Waals surface area contributed by atoms with Crippen LogP contribution < -0.4 is 4.74 Å². The van der Waals surface area contributed by atoms with Crippen LogP contribution in [0.5, 0.6) is 5.75 Å². The first kappa shape index (κ1) is 11.6. The van der Waals surface area contributed by atoms with Gasteiger partial charge in [0.25, 0.3) is 0 Å². The molecule has 0 amide bonds. The van der Waals surface area contributed by atoms with Gasteiger partial charge >= 0.3 is 6.36 Å². The van der Waals surface area contributed by atoms with Gasteiger partial charge in [-0.05, 0) is 24.1 Å². The average Bonchev–Trinajstić information content (AvgIpc) is 2.08. The summed E-state index contributed by atoms with van der Waals surface area (Å²) in [6.45, 7) is 3.43. The lowest BCUT2D eigenvalue weighted by Gasteiger charge is -2.09. The molecule has 0 radical (unpaired) electrons. The molecule has 1 aromatic rings. The zero-order chi connectivity index (χ0) is 11.5. The van der Waals surface area contributed by atoms with E-state index >= 15 is 0 Å². The van der Waals surface area contributed by atoms with Gasteiger partial charge in [0.05, 0.1) is 0 Å². The molecule has 1 aromatic carbocycles. The van der Waals surface area contributed by atoms with E-state index in [2.05, 4.69) is 11.3 Å². The molecule has 5 heteroatoms. The van der Waals surface area contributed by atoms with E-state index < -0.39 is 17.9 Å². The molecule has 0 aromatic heterocycles. The van der Waals surface area contributed by atoms with Gasteiger partial charge in [-0.25, -0.2) is 4.39 Å². The Labute approximate surface area is 84.0 Å². The third-order valence-corrected chi connectivity index (χ3v) is 1.60. The van der Waals surface area contributed by atoms with Gasteiger partial charge in [0.1, 0.15) is 0 Å². The van der Waals surface area contributed by atoms with Crippen molar-refractivity contribution in [3.8, 4) is 5.75 Å². The minimum atomic E-state index is -4.87. The molecule has 0 aliphatic carbocycles. The molecule has 0 spiro atoms. The van der Waals surface area contributed by atoms with E-state index in [4.69, 9.17) is 0 Å². The van der Waals surface area contributed by atoms with Crippen molar-refractivity contribution in [1.82, 2.24) is 0 Å². The van der Waals surface area contributed by atoms with Gasteiger partial charge < -0.3 is 4.74 Å². The zero-order valence-corrected chi connectivity index (χ0v) is 7.64. The first-order valence-corrected chi connectivity index (χ1v) is 4.07. The molecule has 1 nitrogen and oxygen atoms in total. The van der Waals surface area contributed by atoms with Crippen molar-refractivity contribution in [3.63, 3.8) is 0 Å². The van der Waals surface area contributed by atoms with Crippen LogP contribution in [0.15, 0.2) is 30.9 Å². The minimum Gasteiger partial charge on any atom is -0.403 e. The molecule has 0 saturated carbocycles. The lowest BCUT2D eigenvalue weighted by atomic mass is 10.1. The molecular formula is C10H8F4O. The van der Waals surface area contributed by atoms with Crippen LogP contribution in [0, 0.1) is 5.82 Å². The monoisotopic (exact) mass is 220 g/mol. The topological polar surface area (TPSA) is 9.23 Å². The van der Waals surface area contributed by atoms with Gasteiger partial charge in [-0.2, -0.15) is 0 Å². The molecule has 0 bridgehead atoms. The van der Waals surface area contributed by atoms with Crippen LogP contribution >= 0.6 is 0 Å². The fraction of sp³-hybridized carbons (Fsp3) is 0.200. The van der Waals surface area contributed by atoms with E-state index in [-0.39, 0.29) is 0 Å². The van der Waals surface area contributed by atoms with Crippen LogP contribution in [0.25, 0.3) is 0 Å². The maximum absolute atomic E-state index is 13.0. The number of alkyl halides is 3. The molecule has 15 heavy (non-hydrogen) atoms. The predicted octanol–water partition coefficient (Wildman–Crippen LogP) is 3.45. The Morgan fingerprint density at radius 2 is 2.00 bits per heavy atom. The molecule has 0 fully saturated rings. The highest BCUT2D eigenvalue weighted by atomic mass is 19.4. The fourth-order valence-corrected chi connectivity index (χ4v) is 1.05. The van der Waals surface area contributed by atoms with Crippen molar-refractivity contribution in [2.75, 3.05) is 0 Å². The molecular weight excluding hydrogens is 212 g/mol. The van der Waals surface area contributed by atoms with Gasteiger partial charge in [0, 0.05) is 0 Å². The summed E-state index contributed by atoms with van der Waals surface area (Å²) in [6, 6.07) is 3.29. The van der Waals surface area contributed by atoms with Crippen molar-refractivity contribution >= 4 is 0 Å². The number of hydrogen-bond donors (Lipinski definition) is 0. The van der Waals surface area contributed by atoms with Crippen LogP contribution in [-0.2, 0) is 6.42 Å². The second-order valence-electron chi connectivity index (χ2n) is 2.81. The third-order valence-electron chi connectivity index (χ3n) is 1.60. The summed E-state index contributed by atoms with van der Waals surface area (Å²) < 4.78 is 51.8. The Morgan fingerprint density at radius 3 is 2.47 bits per heavy atom. The smallest absolute Gasteiger partial charge is 0.403 e. The first-order chi connectivity index (χ1) is 6.92. The first-order valence-electron chi connectivity index (χ1n) is 4.07. The summed E-state index contributed by atoms with van der Waals surface area (Å²) in [4.78, 5) is 0. The summed E-state index contributed by atoms with van der Waals surface area (Å²) >= 11 is 0. The molecule has 0 heterocycles. The predicted molar refractivity (Wildman–Crippen MR) is 47.0 cm³/mol. The number of rotatable bonds is 3. The normalized spacial score (nSPS) is 11.2. The molecule has 82 valence electrons. The summed E-state index contributed by atoms with van der Waals surface area (Å²) in [5, 5.41) is 0. The van der Waals surface area contributed by atoms with Gasteiger partial charge in [-0.1, -0.05) is 12.1 Å². The van der Waals surface area contributed by atoms with Crippen LogP contribution in [0.1, 0.15) is 5.56 Å². The van der Waals surface area contributed by atoms with Crippen LogP contribution in [0.4, 0.5) is 17.6 Å². The Kier molecular flexibility index (Phi) is 3.34. The van der Waals surface area contributed by atoms with E-state index in [1.165, 1.54) is 12.1 Å². The summed E-state index contributed by atoms with van der Waals surface area (Å²) in [5.74, 6) is -1.86. The molecule has 0 N–H and O–H groups in total. The third kappa shape index (κ3) is 3.61. The number of benzene rings is 1. The van der Waals surface area contributed by atoms with Crippen molar-refractivity contribution in [3.05, 3.63) is 42.2 Å². The van der Waals surface area contributed by atoms with Crippen LogP contribution in [0.2, 0.25) is 0 Å². The van der Waals surface area contributed by atoms with E-state index in [0.717, 1.165) is 12.1 Å². The molecule has 0 aliphatic rings. The zero-order valence-electron chi connectivity index (χ0n) is 7.64. The number of ether oxygens (including phenoxy) is 1. The van der Waals surface area contributed by atoms with Gasteiger partial charge in [-0.15, -0.1) is 19.8 Å². The molecule has 1 rings (SSSR count). The maximum atomic E-state index is 13.0. The highest BCUT2D eigenvalue weighted by Crippen LogP contribution is 2.26. The molecule has 0 atom stereocenters. The Balaban J connectivity index is 2.88. The quantitative estimate of drug-likeness (QED) is 0.560. The maximum Gasteiger partial charge on any atom is 0.573 e. The van der Waals surface area contributed by atoms with Crippen LogP contribution in [0.3, 0.4) is 0 Å². The number of hydrogen-bond acceptors (Lipinski definition) is 1. The summed E-state index contributed by atoms with van der Waals surface area (Å²) in [5.41, 5.74) is 0.539. The highest BCUT2D eigenvalue weighted by molar-refractivity contribution is 5.30. The van der Waals surface area contributed by atoms with Crippen molar-refractivity contribution < 1.29 is 22.3 Å². The second kappa shape index (κ2) is 4.33. The highest BCUT2D eigenvalue weighted by Gasteiger charge is 2.32. The van der Waals surface area contributed by atoms with Crippen molar-refractivity contribution in [2.45, 2.75) is 12.8 Å². The summed E-state index contributed by atoms with van der Waals surface area (Å²) in [6.07, 6.45) is -2.96. The van der Waals surface area contributed by atoms with E-state index in [0.29, 0.717) is 12.0 Å². The fourth-order valence-electron chi connectivity index (χ4n) is 1.05. The lowest BCUT2D eigenvalue weighted by molar-refractivity contribution is -0.275. The molecule has 0 saturated heterocycles. The Morgan fingerprint density at radius 1 is 1.33 bits per heavy atom. The largest absolute Gasteiger partial charge is 0.573 e. The Bertz CT molecular complexity index is 357. The SMILES string of the molecule is C=CCc1ccc(OC(F)(F)F)c(F)c1. The molecule has 0 aliphatic heterocycles. The minimum absolute atomic E-state index is 0.392. The van der Waals surface area contributed by atoms with E-state index in [9.17, 15) is 17.6 Å². The van der Waals surface area contributed by atoms with Crippen molar-refractivity contribution in [1.29, 1.82) is 0 Å². The van der Waals surface area contributed by atoms with Gasteiger partial charge in [0.2, 0.25) is 0 Å². The summed E-state index contributed by atoms with van der Waals surface area (Å²) in [7, 11) is 0. The van der Waals surface area contributed by atoms with E-state index in [1.54, 1.807) is 0 Å². The van der Waals surface area contributed by atoms with E-state index in [1.807, 2.05) is 0 Å². The number of halogens is 4. The van der Waals surface area contributed by atoms with Gasteiger partial charge in [-0.3, -0.25) is 0 Å².